The lowest BCUT2D eigenvalue weighted by molar-refractivity contribution is 0.102. The Morgan fingerprint density at radius 2 is 1.84 bits per heavy atom. The lowest BCUT2D eigenvalue weighted by Crippen LogP contribution is -2.38. The molecule has 1 saturated heterocycles. The second-order valence-electron chi connectivity index (χ2n) is 7.60. The van der Waals surface area contributed by atoms with Crippen LogP contribution in [0.2, 0.25) is 0 Å². The molecule has 1 N–H and O–H groups in total. The van der Waals surface area contributed by atoms with Crippen LogP contribution in [0.4, 0.5) is 5.69 Å². The number of anilines is 1. The van der Waals surface area contributed by atoms with Crippen LogP contribution >= 0.6 is 0 Å². The summed E-state index contributed by atoms with van der Waals surface area (Å²) in [5, 5.41) is 2.90. The van der Waals surface area contributed by atoms with E-state index in [0.29, 0.717) is 48.7 Å². The fourth-order valence-electron chi connectivity index (χ4n) is 3.63. The van der Waals surface area contributed by atoms with Crippen molar-refractivity contribution in [1.82, 2.24) is 23.8 Å². The van der Waals surface area contributed by atoms with Gasteiger partial charge in [0.1, 0.15) is 5.82 Å². The van der Waals surface area contributed by atoms with Crippen molar-refractivity contribution in [2.24, 2.45) is 7.05 Å². The zero-order valence-electron chi connectivity index (χ0n) is 17.4. The number of rotatable bonds is 5. The van der Waals surface area contributed by atoms with Crippen molar-refractivity contribution in [3.05, 3.63) is 66.1 Å². The first kappa shape index (κ1) is 21.1. The van der Waals surface area contributed by atoms with Crippen molar-refractivity contribution in [2.75, 3.05) is 18.4 Å². The molecule has 4 rings (SSSR count). The molecule has 0 spiro atoms. The van der Waals surface area contributed by atoms with E-state index in [1.807, 2.05) is 30.3 Å². The molecule has 2 aromatic heterocycles. The minimum absolute atomic E-state index is 0.0418. The molecule has 10 heteroatoms. The molecule has 0 unspecified atom stereocenters. The Morgan fingerprint density at radius 1 is 1.13 bits per heavy atom. The van der Waals surface area contributed by atoms with E-state index in [0.717, 1.165) is 0 Å². The fraction of sp³-hybridized carbons (Fsp3) is 0.333. The van der Waals surface area contributed by atoms with Crippen LogP contribution in [-0.2, 0) is 17.1 Å². The number of hydrogen-bond acceptors (Lipinski definition) is 6. The summed E-state index contributed by atoms with van der Waals surface area (Å²) in [6.45, 7) is 2.54. The third-order valence-corrected chi connectivity index (χ3v) is 7.16. The predicted molar refractivity (Wildman–Crippen MR) is 115 cm³/mol. The van der Waals surface area contributed by atoms with Crippen LogP contribution in [0.15, 0.2) is 54.1 Å². The molecular formula is C21H24N6O3S. The number of imidazole rings is 1. The third-order valence-electron chi connectivity index (χ3n) is 5.38. The summed E-state index contributed by atoms with van der Waals surface area (Å²) in [5.74, 6) is 0.426. The zero-order chi connectivity index (χ0) is 22.0. The number of amides is 1. The lowest BCUT2D eigenvalue weighted by Gasteiger charge is -2.30. The van der Waals surface area contributed by atoms with Crippen molar-refractivity contribution in [3.63, 3.8) is 0 Å². The van der Waals surface area contributed by atoms with Gasteiger partial charge in [-0.25, -0.2) is 23.4 Å². The van der Waals surface area contributed by atoms with Crippen molar-refractivity contribution >= 4 is 21.6 Å². The van der Waals surface area contributed by atoms with Crippen molar-refractivity contribution < 1.29 is 13.2 Å². The number of para-hydroxylation sites is 1. The molecule has 9 nitrogen and oxygen atoms in total. The Bertz CT molecular complexity index is 1180. The van der Waals surface area contributed by atoms with Crippen LogP contribution in [0.3, 0.4) is 0 Å². The molecule has 1 aliphatic heterocycles. The van der Waals surface area contributed by atoms with E-state index >= 15 is 0 Å². The number of sulfonamides is 1. The molecule has 0 atom stereocenters. The molecule has 1 fully saturated rings. The topological polar surface area (TPSA) is 110 Å². The first-order valence-corrected chi connectivity index (χ1v) is 11.5. The first-order valence-electron chi connectivity index (χ1n) is 10.0. The van der Waals surface area contributed by atoms with Crippen molar-refractivity contribution in [1.29, 1.82) is 0 Å². The summed E-state index contributed by atoms with van der Waals surface area (Å²) in [4.78, 5) is 25.5. The lowest BCUT2D eigenvalue weighted by atomic mass is 9.97. The van der Waals surface area contributed by atoms with E-state index in [2.05, 4.69) is 20.3 Å². The van der Waals surface area contributed by atoms with E-state index in [-0.39, 0.29) is 16.9 Å². The van der Waals surface area contributed by atoms with Crippen LogP contribution in [0.5, 0.6) is 0 Å². The number of carbonyl (C=O) groups excluding carboxylic acids is 1. The van der Waals surface area contributed by atoms with Crippen molar-refractivity contribution in [2.45, 2.75) is 30.7 Å². The van der Waals surface area contributed by atoms with Gasteiger partial charge < -0.3 is 9.88 Å². The van der Waals surface area contributed by atoms with E-state index in [4.69, 9.17) is 0 Å². The molecule has 3 aromatic rings. The summed E-state index contributed by atoms with van der Waals surface area (Å²) >= 11 is 0. The van der Waals surface area contributed by atoms with Gasteiger partial charge >= 0.3 is 0 Å². The maximum Gasteiger partial charge on any atom is 0.262 e. The highest BCUT2D eigenvalue weighted by Gasteiger charge is 2.32. The van der Waals surface area contributed by atoms with Gasteiger partial charge in [0.05, 0.1) is 17.6 Å². The Labute approximate surface area is 181 Å². The molecule has 31 heavy (non-hydrogen) atoms. The Hall–Kier alpha value is -3.11. The minimum Gasteiger partial charge on any atom is -0.339 e. The second-order valence-corrected chi connectivity index (χ2v) is 9.49. The van der Waals surface area contributed by atoms with E-state index < -0.39 is 10.0 Å². The number of carbonyl (C=O) groups is 1. The normalized spacial score (nSPS) is 15.7. The number of aromatic nitrogens is 4. The molecule has 1 amide bonds. The minimum atomic E-state index is -3.60. The summed E-state index contributed by atoms with van der Waals surface area (Å²) in [6.07, 6.45) is 5.76. The fourth-order valence-corrected chi connectivity index (χ4v) is 5.07. The predicted octanol–water partition coefficient (Wildman–Crippen LogP) is 2.34. The monoisotopic (exact) mass is 440 g/mol. The number of benzene rings is 1. The highest BCUT2D eigenvalue weighted by atomic mass is 32.2. The van der Waals surface area contributed by atoms with Crippen LogP contribution < -0.4 is 5.32 Å². The zero-order valence-corrected chi connectivity index (χ0v) is 18.2. The summed E-state index contributed by atoms with van der Waals surface area (Å²) < 4.78 is 28.6. The Kier molecular flexibility index (Phi) is 5.84. The average Bonchev–Trinajstić information content (AvgIpc) is 3.21. The molecule has 0 aliphatic carbocycles. The smallest absolute Gasteiger partial charge is 0.262 e. The summed E-state index contributed by atoms with van der Waals surface area (Å²) in [6, 6.07) is 9.21. The SMILES string of the molecule is Cc1nc(C2CCN(S(=O)(=O)c3cn(C)cn3)CC2)ncc1C(=O)Nc1ccccc1. The third kappa shape index (κ3) is 4.49. The molecule has 0 bridgehead atoms. The highest BCUT2D eigenvalue weighted by molar-refractivity contribution is 7.89. The average molecular weight is 441 g/mol. The number of hydrogen-bond donors (Lipinski definition) is 1. The van der Waals surface area contributed by atoms with Gasteiger partial charge in [-0.05, 0) is 31.9 Å². The van der Waals surface area contributed by atoms with Gasteiger partial charge in [-0.2, -0.15) is 4.31 Å². The van der Waals surface area contributed by atoms with Crippen LogP contribution in [0, 0.1) is 6.92 Å². The van der Waals surface area contributed by atoms with Gasteiger partial charge in [0.15, 0.2) is 5.03 Å². The van der Waals surface area contributed by atoms with Gasteiger partial charge in [0.25, 0.3) is 15.9 Å². The molecular weight excluding hydrogens is 416 g/mol. The van der Waals surface area contributed by atoms with Crippen LogP contribution in [-0.4, -0.2) is 51.2 Å². The molecule has 1 aromatic carbocycles. The standard InChI is InChI=1S/C21H24N6O3S/c1-15-18(21(28)25-17-6-4-3-5-7-17)12-22-20(24-15)16-8-10-27(11-9-16)31(29,30)19-13-26(2)14-23-19/h3-7,12-14,16H,8-11H2,1-2H3,(H,25,28). The first-order chi connectivity index (χ1) is 14.8. The molecule has 0 radical (unpaired) electrons. The van der Waals surface area contributed by atoms with Gasteiger partial charge in [0, 0.05) is 44.1 Å². The molecule has 0 saturated carbocycles. The maximum absolute atomic E-state index is 12.7. The molecule has 1 aliphatic rings. The Balaban J connectivity index is 1.42. The summed E-state index contributed by atoms with van der Waals surface area (Å²) in [7, 11) is -1.86. The number of aryl methyl sites for hydroxylation is 2. The maximum atomic E-state index is 12.7. The molecule has 3 heterocycles. The number of piperidine rings is 1. The van der Waals surface area contributed by atoms with E-state index in [1.54, 1.807) is 24.7 Å². The van der Waals surface area contributed by atoms with Crippen LogP contribution in [0.25, 0.3) is 0 Å². The van der Waals surface area contributed by atoms with Crippen LogP contribution in [0.1, 0.15) is 40.6 Å². The number of nitrogens with zero attached hydrogens (tertiary/aromatic N) is 5. The van der Waals surface area contributed by atoms with Gasteiger partial charge in [-0.3, -0.25) is 4.79 Å². The quantitative estimate of drug-likeness (QED) is 0.652. The number of nitrogens with one attached hydrogen (secondary N) is 1. The van der Waals surface area contributed by atoms with Crippen molar-refractivity contribution in [3.8, 4) is 0 Å². The molecule has 162 valence electrons. The van der Waals surface area contributed by atoms with E-state index in [1.165, 1.54) is 16.8 Å². The highest BCUT2D eigenvalue weighted by Crippen LogP contribution is 2.29. The summed E-state index contributed by atoms with van der Waals surface area (Å²) in [5.41, 5.74) is 1.72. The van der Waals surface area contributed by atoms with Gasteiger partial charge in [-0.15, -0.1) is 0 Å². The second kappa shape index (κ2) is 8.56. The van der Waals surface area contributed by atoms with Gasteiger partial charge in [-0.1, -0.05) is 18.2 Å². The largest absolute Gasteiger partial charge is 0.339 e. The van der Waals surface area contributed by atoms with E-state index in [9.17, 15) is 13.2 Å². The van der Waals surface area contributed by atoms with Gasteiger partial charge in [0.2, 0.25) is 0 Å². The Morgan fingerprint density at radius 3 is 2.45 bits per heavy atom.